The van der Waals surface area contributed by atoms with Crippen LogP contribution in [0, 0.1) is 6.57 Å². The maximum Gasteiger partial charge on any atom is 0.295 e. The highest BCUT2D eigenvalue weighted by Gasteiger charge is 2.29. The topological polar surface area (TPSA) is 122 Å². The predicted octanol–water partition coefficient (Wildman–Crippen LogP) is 3.74. The second kappa shape index (κ2) is 9.19. The number of anilines is 1. The van der Waals surface area contributed by atoms with E-state index in [-0.39, 0.29) is 11.4 Å². The third-order valence-electron chi connectivity index (χ3n) is 6.08. The quantitative estimate of drug-likeness (QED) is 0.270. The average molecular weight is 464 g/mol. The molecule has 9 heteroatoms. The van der Waals surface area contributed by atoms with E-state index < -0.39 is 11.7 Å². The van der Waals surface area contributed by atoms with E-state index in [0.29, 0.717) is 53.9 Å². The van der Waals surface area contributed by atoms with Gasteiger partial charge in [0, 0.05) is 31.0 Å². The minimum atomic E-state index is -0.625. The summed E-state index contributed by atoms with van der Waals surface area (Å²) in [7, 11) is 0. The number of carbonyl (C=O) groups excluding carboxylic acids is 2. The molecule has 1 fully saturated rings. The molecule has 0 aliphatic carbocycles. The molecule has 1 aliphatic rings. The highest BCUT2D eigenvalue weighted by Crippen LogP contribution is 2.30. The Morgan fingerprint density at radius 3 is 2.57 bits per heavy atom. The van der Waals surface area contributed by atoms with E-state index in [1.54, 1.807) is 23.4 Å². The summed E-state index contributed by atoms with van der Waals surface area (Å²) in [6, 6.07) is 11.3. The van der Waals surface area contributed by atoms with Crippen molar-refractivity contribution in [2.45, 2.75) is 12.8 Å². The van der Waals surface area contributed by atoms with E-state index >= 15 is 0 Å². The lowest BCUT2D eigenvalue weighted by Gasteiger charge is -2.28. The Bertz CT molecular complexity index is 1510. The molecule has 1 amide bonds. The van der Waals surface area contributed by atoms with Gasteiger partial charge < -0.3 is 15.6 Å². The molecule has 0 radical (unpaired) electrons. The number of hydrogen-bond donors (Lipinski definition) is 2. The number of H-pyrrole nitrogens is 1. The van der Waals surface area contributed by atoms with Crippen molar-refractivity contribution in [3.63, 3.8) is 0 Å². The molecule has 0 spiro atoms. The number of rotatable bonds is 4. The Balaban J connectivity index is 1.37. The number of Topliss-reactive ketones (excluding diaryl/α,β-unsaturated/α-hetero) is 1. The Morgan fingerprint density at radius 2 is 1.86 bits per heavy atom. The van der Waals surface area contributed by atoms with Crippen molar-refractivity contribution in [3.8, 4) is 11.3 Å². The van der Waals surface area contributed by atoms with Gasteiger partial charge in [-0.15, -0.1) is 0 Å². The highest BCUT2D eigenvalue weighted by molar-refractivity contribution is 6.44. The average Bonchev–Trinajstić information content (AvgIpc) is 3.34. The van der Waals surface area contributed by atoms with Crippen LogP contribution in [-0.4, -0.2) is 49.6 Å². The van der Waals surface area contributed by atoms with Gasteiger partial charge in [0.25, 0.3) is 11.7 Å². The zero-order valence-corrected chi connectivity index (χ0v) is 18.7. The highest BCUT2D eigenvalue weighted by atomic mass is 16.2. The number of aromatic nitrogens is 4. The molecule has 5 rings (SSSR count). The maximum atomic E-state index is 13.2. The minimum Gasteiger partial charge on any atom is -0.382 e. The van der Waals surface area contributed by atoms with E-state index in [4.69, 9.17) is 12.3 Å². The first-order chi connectivity index (χ1) is 17.1. The molecule has 0 atom stereocenters. The molecule has 0 saturated carbocycles. The summed E-state index contributed by atoms with van der Waals surface area (Å²) in [5.74, 6) is -0.928. The molecule has 0 unspecified atom stereocenters. The number of pyridine rings is 1. The SMILES string of the molecule is [C-]#[N+]C(=C1CCN(C(=O)C(=O)c2c[nH]c3c(-c4cncc(N)n4)ccnc23)CC1)c1ccccc1. The summed E-state index contributed by atoms with van der Waals surface area (Å²) in [6.45, 7) is 8.37. The van der Waals surface area contributed by atoms with Gasteiger partial charge >= 0.3 is 0 Å². The van der Waals surface area contributed by atoms with Crippen LogP contribution >= 0.6 is 0 Å². The van der Waals surface area contributed by atoms with Crippen LogP contribution in [0.15, 0.2) is 66.8 Å². The predicted molar refractivity (Wildman–Crippen MR) is 132 cm³/mol. The number of piperidine rings is 1. The maximum absolute atomic E-state index is 13.2. The number of benzene rings is 1. The van der Waals surface area contributed by atoms with E-state index in [2.05, 4.69) is 24.8 Å². The molecular weight excluding hydrogens is 442 g/mol. The van der Waals surface area contributed by atoms with Gasteiger partial charge in [-0.25, -0.2) is 9.83 Å². The van der Waals surface area contributed by atoms with E-state index in [1.165, 1.54) is 12.4 Å². The van der Waals surface area contributed by atoms with Gasteiger partial charge in [-0.05, 0) is 24.5 Å². The lowest BCUT2D eigenvalue weighted by Crippen LogP contribution is -2.40. The number of fused-ring (bicyclic) bond motifs is 1. The number of likely N-dealkylation sites (tertiary alicyclic amines) is 1. The first-order valence-corrected chi connectivity index (χ1v) is 11.1. The van der Waals surface area contributed by atoms with Crippen LogP contribution in [-0.2, 0) is 4.79 Å². The summed E-state index contributed by atoms with van der Waals surface area (Å²) in [5.41, 5.74) is 10.7. The smallest absolute Gasteiger partial charge is 0.295 e. The molecule has 172 valence electrons. The van der Waals surface area contributed by atoms with Crippen molar-refractivity contribution in [2.75, 3.05) is 18.8 Å². The Kier molecular flexibility index (Phi) is 5.77. The number of hydrogen-bond acceptors (Lipinski definition) is 6. The van der Waals surface area contributed by atoms with Crippen molar-refractivity contribution < 1.29 is 9.59 Å². The molecule has 3 N–H and O–H groups in total. The van der Waals surface area contributed by atoms with E-state index in [1.807, 2.05) is 30.3 Å². The van der Waals surface area contributed by atoms with Crippen LogP contribution in [0.4, 0.5) is 5.82 Å². The molecule has 1 aromatic carbocycles. The molecule has 4 aromatic rings. The van der Waals surface area contributed by atoms with Crippen LogP contribution in [0.1, 0.15) is 28.8 Å². The zero-order chi connectivity index (χ0) is 24.4. The van der Waals surface area contributed by atoms with Gasteiger partial charge in [0.05, 0.1) is 41.3 Å². The van der Waals surface area contributed by atoms with Crippen molar-refractivity contribution >= 4 is 34.2 Å². The van der Waals surface area contributed by atoms with Gasteiger partial charge in [0.1, 0.15) is 5.82 Å². The number of nitrogens with two attached hydrogens (primary N) is 1. The standard InChI is InChI=1S/C26H21N7O2/c1-28-22(16-5-3-2-4-6-16)17-8-11-33(12-9-17)26(35)25(34)19-13-31-23-18(7-10-30-24(19)23)20-14-29-15-21(27)32-20/h2-7,10,13-15,31H,8-9,11-12H2,(H2,27,32). The van der Waals surface area contributed by atoms with Crippen molar-refractivity contribution in [1.29, 1.82) is 0 Å². The molecular formula is C26H21N7O2. The second-order valence-electron chi connectivity index (χ2n) is 8.16. The van der Waals surface area contributed by atoms with Crippen molar-refractivity contribution in [2.24, 2.45) is 0 Å². The number of nitrogens with zero attached hydrogens (tertiary/aromatic N) is 5. The van der Waals surface area contributed by atoms with Gasteiger partial charge in [-0.1, -0.05) is 35.9 Å². The van der Waals surface area contributed by atoms with Crippen LogP contribution in [0.3, 0.4) is 0 Å². The monoisotopic (exact) mass is 463 g/mol. The van der Waals surface area contributed by atoms with Crippen molar-refractivity contribution in [3.05, 3.63) is 89.3 Å². The summed E-state index contributed by atoms with van der Waals surface area (Å²) < 4.78 is 0. The lowest BCUT2D eigenvalue weighted by atomic mass is 9.97. The molecule has 3 aromatic heterocycles. The number of carbonyl (C=O) groups is 2. The number of nitrogen functional groups attached to an aromatic ring is 1. The third kappa shape index (κ3) is 4.13. The Labute approximate surface area is 201 Å². The summed E-state index contributed by atoms with van der Waals surface area (Å²) in [5, 5.41) is 0. The fourth-order valence-electron chi connectivity index (χ4n) is 4.34. The van der Waals surface area contributed by atoms with Crippen LogP contribution in [0.2, 0.25) is 0 Å². The zero-order valence-electron chi connectivity index (χ0n) is 18.7. The van der Waals surface area contributed by atoms with Crippen molar-refractivity contribution in [1.82, 2.24) is 24.8 Å². The Hall–Kier alpha value is -4.84. The Morgan fingerprint density at radius 1 is 1.09 bits per heavy atom. The van der Waals surface area contributed by atoms with E-state index in [9.17, 15) is 9.59 Å². The third-order valence-corrected chi connectivity index (χ3v) is 6.08. The van der Waals surface area contributed by atoms with Gasteiger partial charge in [-0.2, -0.15) is 0 Å². The number of amides is 1. The van der Waals surface area contributed by atoms with Crippen LogP contribution in [0.25, 0.3) is 32.8 Å². The largest absolute Gasteiger partial charge is 0.382 e. The van der Waals surface area contributed by atoms with E-state index in [0.717, 1.165) is 11.1 Å². The van der Waals surface area contributed by atoms with Crippen LogP contribution < -0.4 is 5.73 Å². The minimum absolute atomic E-state index is 0.205. The van der Waals surface area contributed by atoms with Gasteiger partial charge in [0.15, 0.2) is 5.70 Å². The number of nitrogens with one attached hydrogen (secondary N) is 1. The number of aromatic amines is 1. The molecule has 1 saturated heterocycles. The van der Waals surface area contributed by atoms with Gasteiger partial charge in [-0.3, -0.25) is 19.6 Å². The summed E-state index contributed by atoms with van der Waals surface area (Å²) in [4.78, 5) is 47.3. The lowest BCUT2D eigenvalue weighted by molar-refractivity contribution is -0.126. The molecule has 1 aliphatic heterocycles. The fourth-order valence-corrected chi connectivity index (χ4v) is 4.34. The normalized spacial score (nSPS) is 13.5. The second-order valence-corrected chi connectivity index (χ2v) is 8.16. The molecule has 0 bridgehead atoms. The van der Waals surface area contributed by atoms with Gasteiger partial charge in [0.2, 0.25) is 0 Å². The first kappa shape index (κ1) is 22.0. The molecule has 9 nitrogen and oxygen atoms in total. The molecule has 35 heavy (non-hydrogen) atoms. The number of ketones is 1. The first-order valence-electron chi connectivity index (χ1n) is 11.1. The summed E-state index contributed by atoms with van der Waals surface area (Å²) >= 11 is 0. The van der Waals surface area contributed by atoms with Crippen LogP contribution in [0.5, 0.6) is 0 Å². The summed E-state index contributed by atoms with van der Waals surface area (Å²) in [6.07, 6.45) is 7.19. The fraction of sp³-hybridized carbons (Fsp3) is 0.154. The molecule has 4 heterocycles.